The van der Waals surface area contributed by atoms with E-state index in [1.165, 1.54) is 24.3 Å². The van der Waals surface area contributed by atoms with Crippen molar-refractivity contribution in [2.75, 3.05) is 14.2 Å². The standard InChI is InChI=1S/C20H19N3O10S/c1-32-19(24)17-15(11-3-7-13(8-4-11)22(26)27)21-16(18(20(25)33-2)34(17,30)31)12-5-9-14(10-6-12)23(28)29/h3-10,15-18,21H,1-2H3/t15-,16+,17-,18+. The van der Waals surface area contributed by atoms with Gasteiger partial charge in [-0.3, -0.25) is 35.1 Å². The summed E-state index contributed by atoms with van der Waals surface area (Å²) < 4.78 is 36.5. The molecule has 1 saturated heterocycles. The second-order valence-electron chi connectivity index (χ2n) is 7.30. The van der Waals surface area contributed by atoms with Crippen LogP contribution in [-0.4, -0.2) is 54.9 Å². The number of esters is 2. The smallest absolute Gasteiger partial charge is 0.326 e. The van der Waals surface area contributed by atoms with Gasteiger partial charge >= 0.3 is 11.9 Å². The molecule has 0 aromatic heterocycles. The highest BCUT2D eigenvalue weighted by Crippen LogP contribution is 2.39. The Morgan fingerprint density at radius 2 is 1.09 bits per heavy atom. The first-order chi connectivity index (χ1) is 16.0. The van der Waals surface area contributed by atoms with Gasteiger partial charge in [-0.2, -0.15) is 0 Å². The van der Waals surface area contributed by atoms with Crippen LogP contribution in [0.1, 0.15) is 23.2 Å². The van der Waals surface area contributed by atoms with Crippen LogP contribution < -0.4 is 5.32 Å². The summed E-state index contributed by atoms with van der Waals surface area (Å²) >= 11 is 0. The van der Waals surface area contributed by atoms with E-state index in [2.05, 4.69) is 5.32 Å². The summed E-state index contributed by atoms with van der Waals surface area (Å²) in [6.07, 6.45) is 0. The van der Waals surface area contributed by atoms with Crippen LogP contribution in [-0.2, 0) is 28.9 Å². The third-order valence-corrected chi connectivity index (χ3v) is 7.81. The minimum Gasteiger partial charge on any atom is -0.468 e. The Labute approximate surface area is 192 Å². The van der Waals surface area contributed by atoms with Gasteiger partial charge in [0, 0.05) is 24.3 Å². The highest BCUT2D eigenvalue weighted by molar-refractivity contribution is 7.94. The molecular formula is C20H19N3O10S. The lowest BCUT2D eigenvalue weighted by molar-refractivity contribution is -0.385. The van der Waals surface area contributed by atoms with Gasteiger partial charge in [-0.25, -0.2) is 8.42 Å². The lowest BCUT2D eigenvalue weighted by Crippen LogP contribution is -2.59. The van der Waals surface area contributed by atoms with Crippen molar-refractivity contribution in [3.8, 4) is 0 Å². The van der Waals surface area contributed by atoms with Gasteiger partial charge in [-0.05, 0) is 11.1 Å². The normalized spacial score (nSPS) is 23.5. The molecule has 34 heavy (non-hydrogen) atoms. The molecule has 2 aromatic rings. The monoisotopic (exact) mass is 493 g/mol. The molecule has 13 nitrogen and oxygen atoms in total. The largest absolute Gasteiger partial charge is 0.468 e. The summed E-state index contributed by atoms with van der Waals surface area (Å²) in [4.78, 5) is 45.9. The van der Waals surface area contributed by atoms with E-state index in [9.17, 15) is 38.2 Å². The fourth-order valence-corrected chi connectivity index (χ4v) is 6.10. The molecule has 0 aliphatic carbocycles. The number of methoxy groups -OCH3 is 2. The Morgan fingerprint density at radius 3 is 1.35 bits per heavy atom. The van der Waals surface area contributed by atoms with Gasteiger partial charge in [0.25, 0.3) is 11.4 Å². The molecule has 180 valence electrons. The third-order valence-electron chi connectivity index (χ3n) is 5.47. The van der Waals surface area contributed by atoms with E-state index in [0.29, 0.717) is 0 Å². The molecule has 1 aliphatic rings. The molecule has 1 N–H and O–H groups in total. The summed E-state index contributed by atoms with van der Waals surface area (Å²) in [5.74, 6) is -2.29. The number of non-ortho nitro benzene ring substituents is 2. The third kappa shape index (κ3) is 4.45. The molecule has 0 spiro atoms. The van der Waals surface area contributed by atoms with Crippen LogP contribution in [0, 0.1) is 20.2 Å². The topological polar surface area (TPSA) is 185 Å². The molecule has 0 saturated carbocycles. The first kappa shape index (κ1) is 24.7. The highest BCUT2D eigenvalue weighted by atomic mass is 32.2. The van der Waals surface area contributed by atoms with Crippen molar-refractivity contribution in [3.05, 3.63) is 79.9 Å². The molecular weight excluding hydrogens is 474 g/mol. The molecule has 2 aromatic carbocycles. The molecule has 1 aliphatic heterocycles. The number of nitrogens with zero attached hydrogens (tertiary/aromatic N) is 2. The number of rotatable bonds is 6. The van der Waals surface area contributed by atoms with Crippen LogP contribution in [0.15, 0.2) is 48.5 Å². The number of hydrogen-bond donors (Lipinski definition) is 1. The fourth-order valence-electron chi connectivity index (χ4n) is 3.83. The van der Waals surface area contributed by atoms with Crippen molar-refractivity contribution in [2.24, 2.45) is 0 Å². The zero-order valence-corrected chi connectivity index (χ0v) is 18.6. The number of nitro groups is 2. The molecule has 0 radical (unpaired) electrons. The number of ether oxygens (including phenoxy) is 2. The maximum atomic E-state index is 13.6. The Hall–Kier alpha value is -3.91. The van der Waals surface area contributed by atoms with E-state index in [0.717, 1.165) is 38.5 Å². The molecule has 0 bridgehead atoms. The van der Waals surface area contributed by atoms with Crippen LogP contribution in [0.3, 0.4) is 0 Å². The van der Waals surface area contributed by atoms with Crippen molar-refractivity contribution in [1.29, 1.82) is 0 Å². The predicted molar refractivity (Wildman–Crippen MR) is 115 cm³/mol. The minimum absolute atomic E-state index is 0.208. The van der Waals surface area contributed by atoms with E-state index in [1.54, 1.807) is 0 Å². The number of nitro benzene ring substituents is 2. The molecule has 3 rings (SSSR count). The SMILES string of the molecule is COC(=O)[C@@H]1[C@H](c2ccc([N+](=O)[O-])cc2)N[C@H](c2ccc([N+](=O)[O-])cc2)[C@H](C(=O)OC)S1(=O)=O. The summed E-state index contributed by atoms with van der Waals surface area (Å²) in [5, 5.41) is 21.2. The second kappa shape index (κ2) is 9.52. The van der Waals surface area contributed by atoms with Crippen LogP contribution in [0.25, 0.3) is 0 Å². The zero-order chi connectivity index (χ0) is 25.2. The summed E-state index contributed by atoms with van der Waals surface area (Å²) in [6.45, 7) is 0. The Bertz CT molecular complexity index is 1140. The number of hydrogen-bond acceptors (Lipinski definition) is 11. The van der Waals surface area contributed by atoms with Gasteiger partial charge in [0.15, 0.2) is 20.3 Å². The Kier molecular flexibility index (Phi) is 6.93. The van der Waals surface area contributed by atoms with Crippen LogP contribution in [0.4, 0.5) is 11.4 Å². The van der Waals surface area contributed by atoms with Gasteiger partial charge in [0.05, 0.1) is 36.1 Å². The Balaban J connectivity index is 2.18. The molecule has 0 amide bonds. The van der Waals surface area contributed by atoms with Gasteiger partial charge in [0.2, 0.25) is 0 Å². The first-order valence-corrected chi connectivity index (χ1v) is 11.3. The maximum Gasteiger partial charge on any atom is 0.326 e. The van der Waals surface area contributed by atoms with E-state index in [-0.39, 0.29) is 22.5 Å². The zero-order valence-electron chi connectivity index (χ0n) is 17.8. The molecule has 1 heterocycles. The highest BCUT2D eigenvalue weighted by Gasteiger charge is 2.56. The summed E-state index contributed by atoms with van der Waals surface area (Å²) in [7, 11) is -2.64. The summed E-state index contributed by atoms with van der Waals surface area (Å²) in [5.41, 5.74) is -0.0904. The van der Waals surface area contributed by atoms with Crippen LogP contribution in [0.5, 0.6) is 0 Å². The number of carbonyl (C=O) groups is 2. The number of sulfone groups is 1. The number of carbonyl (C=O) groups excluding carboxylic acids is 2. The van der Waals surface area contributed by atoms with Crippen LogP contribution in [0.2, 0.25) is 0 Å². The van der Waals surface area contributed by atoms with E-state index in [4.69, 9.17) is 9.47 Å². The molecule has 0 unspecified atom stereocenters. The summed E-state index contributed by atoms with van der Waals surface area (Å²) in [6, 6.07) is 7.18. The molecule has 1 fully saturated rings. The van der Waals surface area contributed by atoms with Gasteiger partial charge < -0.3 is 9.47 Å². The van der Waals surface area contributed by atoms with Crippen molar-refractivity contribution in [3.63, 3.8) is 0 Å². The van der Waals surface area contributed by atoms with Crippen molar-refractivity contribution in [2.45, 2.75) is 22.6 Å². The van der Waals surface area contributed by atoms with Crippen LogP contribution >= 0.6 is 0 Å². The van der Waals surface area contributed by atoms with Crippen molar-refractivity contribution < 1.29 is 37.3 Å². The van der Waals surface area contributed by atoms with E-state index >= 15 is 0 Å². The van der Waals surface area contributed by atoms with Gasteiger partial charge in [-0.15, -0.1) is 0 Å². The van der Waals surface area contributed by atoms with Gasteiger partial charge in [-0.1, -0.05) is 24.3 Å². The second-order valence-corrected chi connectivity index (χ2v) is 9.49. The molecule has 14 heteroatoms. The average molecular weight is 493 g/mol. The van der Waals surface area contributed by atoms with E-state index < -0.39 is 54.2 Å². The van der Waals surface area contributed by atoms with Crippen molar-refractivity contribution in [1.82, 2.24) is 5.32 Å². The minimum atomic E-state index is -4.61. The van der Waals surface area contributed by atoms with Crippen molar-refractivity contribution >= 4 is 33.2 Å². The molecule has 4 atom stereocenters. The lowest BCUT2D eigenvalue weighted by Gasteiger charge is -2.40. The van der Waals surface area contributed by atoms with E-state index in [1.807, 2.05) is 0 Å². The van der Waals surface area contributed by atoms with Gasteiger partial charge in [0.1, 0.15) is 0 Å². The fraction of sp³-hybridized carbons (Fsp3) is 0.300. The maximum absolute atomic E-state index is 13.6. The number of nitrogens with one attached hydrogen (secondary N) is 1. The Morgan fingerprint density at radius 1 is 0.765 bits per heavy atom. The number of benzene rings is 2. The first-order valence-electron chi connectivity index (χ1n) is 9.66. The average Bonchev–Trinajstić information content (AvgIpc) is 2.82. The quantitative estimate of drug-likeness (QED) is 0.348. The lowest BCUT2D eigenvalue weighted by atomic mass is 9.96. The predicted octanol–water partition coefficient (Wildman–Crippen LogP) is 1.39.